The third-order valence-corrected chi connectivity index (χ3v) is 3.19. The van der Waals surface area contributed by atoms with Crippen LogP contribution in [0.25, 0.3) is 0 Å². The van der Waals surface area contributed by atoms with E-state index in [1.807, 2.05) is 4.90 Å². The molecule has 94 valence electrons. The summed E-state index contributed by atoms with van der Waals surface area (Å²) in [6.45, 7) is 8.55. The molecule has 7 heteroatoms. The summed E-state index contributed by atoms with van der Waals surface area (Å²) in [5.74, 6) is 0.542. The van der Waals surface area contributed by atoms with Crippen LogP contribution in [0, 0.1) is 0 Å². The molecule has 0 spiro atoms. The van der Waals surface area contributed by atoms with E-state index in [0.29, 0.717) is 37.5 Å². The number of hydrogen-bond acceptors (Lipinski definition) is 3. The van der Waals surface area contributed by atoms with Gasteiger partial charge < -0.3 is 10.0 Å². The molecule has 1 aliphatic heterocycles. The van der Waals surface area contributed by atoms with Gasteiger partial charge in [-0.2, -0.15) is 9.01 Å². The zero-order valence-electron chi connectivity index (χ0n) is 9.31. The number of hydrogen-bond donors (Lipinski definition) is 1. The minimum absolute atomic E-state index is 0.0657. The zero-order valence-corrected chi connectivity index (χ0v) is 11.7. The van der Waals surface area contributed by atoms with Gasteiger partial charge in [0.15, 0.2) is 5.84 Å². The normalized spacial score (nSPS) is 19.4. The van der Waals surface area contributed by atoms with Crippen molar-refractivity contribution in [2.45, 2.75) is 18.9 Å². The molecule has 0 bridgehead atoms. The Kier molecular flexibility index (Phi) is 5.80. The molecule has 1 saturated heterocycles. The van der Waals surface area contributed by atoms with E-state index in [4.69, 9.17) is 11.6 Å². The van der Waals surface area contributed by atoms with Gasteiger partial charge in [-0.05, 0) is 31.2 Å². The second-order valence-electron chi connectivity index (χ2n) is 3.61. The highest BCUT2D eigenvalue weighted by Gasteiger charge is 2.21. The summed E-state index contributed by atoms with van der Waals surface area (Å²) in [5, 5.41) is 9.52. The first-order valence-corrected chi connectivity index (χ1v) is 6.19. The molecule has 0 aromatic rings. The molecular formula is C10H14BrClN4O. The number of amidine groups is 2. The summed E-state index contributed by atoms with van der Waals surface area (Å²) in [6.07, 6.45) is 1.12. The Morgan fingerprint density at radius 1 is 1.41 bits per heavy atom. The van der Waals surface area contributed by atoms with Crippen molar-refractivity contribution in [3.8, 4) is 0 Å². The molecule has 0 aliphatic carbocycles. The van der Waals surface area contributed by atoms with Crippen LogP contribution in [0.4, 0.5) is 0 Å². The van der Waals surface area contributed by atoms with E-state index < -0.39 is 0 Å². The van der Waals surface area contributed by atoms with Gasteiger partial charge in [-0.3, -0.25) is 4.99 Å². The number of piperidine rings is 1. The van der Waals surface area contributed by atoms with Gasteiger partial charge in [-0.25, -0.2) is 0 Å². The van der Waals surface area contributed by atoms with Gasteiger partial charge in [0.1, 0.15) is 0 Å². The largest absolute Gasteiger partial charge is 0.393 e. The number of aliphatic imine (C=N–C) groups is 2. The molecule has 1 heterocycles. The van der Waals surface area contributed by atoms with Crippen molar-refractivity contribution in [3.63, 3.8) is 0 Å². The van der Waals surface area contributed by atoms with Crippen molar-refractivity contribution in [2.24, 2.45) is 14.0 Å². The number of nitrogens with zero attached hydrogens (tertiary/aromatic N) is 4. The SMILES string of the molecule is C=NC(=C)/C(=N\C(Cl)=N/Br)N1CCC(O)CC1. The van der Waals surface area contributed by atoms with Crippen LogP contribution in [0.3, 0.4) is 0 Å². The Balaban J connectivity index is 2.87. The summed E-state index contributed by atoms with van der Waals surface area (Å²) < 4.78 is 3.58. The number of likely N-dealkylation sites (tertiary alicyclic amines) is 1. The van der Waals surface area contributed by atoms with Crippen molar-refractivity contribution in [1.29, 1.82) is 0 Å². The molecule has 1 N–H and O–H groups in total. The van der Waals surface area contributed by atoms with Crippen LogP contribution in [-0.2, 0) is 0 Å². The maximum atomic E-state index is 9.45. The maximum absolute atomic E-state index is 9.45. The molecule has 0 aromatic carbocycles. The molecule has 0 saturated carbocycles. The minimum atomic E-state index is -0.252. The fraction of sp³-hybridized carbons (Fsp3) is 0.500. The molecule has 0 aromatic heterocycles. The van der Waals surface area contributed by atoms with Gasteiger partial charge in [0.2, 0.25) is 5.29 Å². The van der Waals surface area contributed by atoms with Crippen molar-refractivity contribution < 1.29 is 5.11 Å². The van der Waals surface area contributed by atoms with Gasteiger partial charge in [0.25, 0.3) is 0 Å². The predicted molar refractivity (Wildman–Crippen MR) is 75.2 cm³/mol. The van der Waals surface area contributed by atoms with Crippen molar-refractivity contribution in [3.05, 3.63) is 12.3 Å². The Morgan fingerprint density at radius 3 is 2.47 bits per heavy atom. The van der Waals surface area contributed by atoms with Crippen LogP contribution in [0.2, 0.25) is 0 Å². The van der Waals surface area contributed by atoms with Crippen molar-refractivity contribution in [1.82, 2.24) is 4.90 Å². The molecule has 0 unspecified atom stereocenters. The molecule has 5 nitrogen and oxygen atoms in total. The Labute approximate surface area is 114 Å². The number of halogens is 2. The average Bonchev–Trinajstić information content (AvgIpc) is 2.36. The monoisotopic (exact) mass is 320 g/mol. The van der Waals surface area contributed by atoms with Crippen LogP contribution < -0.4 is 0 Å². The molecule has 1 rings (SSSR count). The fourth-order valence-electron chi connectivity index (χ4n) is 1.57. The van der Waals surface area contributed by atoms with Gasteiger partial charge in [-0.15, -0.1) is 0 Å². The lowest BCUT2D eigenvalue weighted by Crippen LogP contribution is -2.40. The second-order valence-corrected chi connectivity index (χ2v) is 4.30. The Bertz CT molecular complexity index is 361. The van der Waals surface area contributed by atoms with E-state index in [9.17, 15) is 5.11 Å². The topological polar surface area (TPSA) is 60.5 Å². The standard InChI is InChI=1S/C10H14BrClN4O/c1-7(13-2)9(14-10(12)15-11)16-5-3-8(17)4-6-16/h8,17H,1-6H2/b14-9+,15-10-. The van der Waals surface area contributed by atoms with Crippen molar-refractivity contribution in [2.75, 3.05) is 13.1 Å². The van der Waals surface area contributed by atoms with Gasteiger partial charge in [0, 0.05) is 13.1 Å². The van der Waals surface area contributed by atoms with Crippen LogP contribution >= 0.6 is 27.7 Å². The molecule has 0 amide bonds. The van der Waals surface area contributed by atoms with Crippen LogP contribution in [0.15, 0.2) is 26.3 Å². The van der Waals surface area contributed by atoms with Gasteiger partial charge in [-0.1, -0.05) is 6.58 Å². The molecule has 1 fully saturated rings. The first-order valence-electron chi connectivity index (χ1n) is 5.10. The number of rotatable bonds is 2. The van der Waals surface area contributed by atoms with Gasteiger partial charge in [0.05, 0.1) is 27.9 Å². The van der Waals surface area contributed by atoms with E-state index in [0.717, 1.165) is 0 Å². The third-order valence-electron chi connectivity index (χ3n) is 2.48. The molecule has 1 aliphatic rings. The van der Waals surface area contributed by atoms with E-state index >= 15 is 0 Å². The quantitative estimate of drug-likeness (QED) is 0.480. The molecular weight excluding hydrogens is 307 g/mol. The summed E-state index contributed by atoms with van der Waals surface area (Å²) in [7, 11) is 0. The molecule has 0 atom stereocenters. The molecule has 17 heavy (non-hydrogen) atoms. The number of aliphatic hydroxyl groups excluding tert-OH is 1. The van der Waals surface area contributed by atoms with E-state index in [1.54, 1.807) is 0 Å². The highest BCUT2D eigenvalue weighted by atomic mass is 79.9. The summed E-state index contributed by atoms with van der Waals surface area (Å²) >= 11 is 8.61. The predicted octanol–water partition coefficient (Wildman–Crippen LogP) is 1.96. The lowest BCUT2D eigenvalue weighted by molar-refractivity contribution is 0.109. The van der Waals surface area contributed by atoms with Crippen LogP contribution in [-0.4, -0.2) is 47.0 Å². The fourth-order valence-corrected chi connectivity index (χ4v) is 1.73. The minimum Gasteiger partial charge on any atom is -0.393 e. The lowest BCUT2D eigenvalue weighted by Gasteiger charge is -2.31. The summed E-state index contributed by atoms with van der Waals surface area (Å²) in [4.78, 5) is 9.84. The molecule has 0 radical (unpaired) electrons. The van der Waals surface area contributed by atoms with Crippen LogP contribution in [0.5, 0.6) is 0 Å². The van der Waals surface area contributed by atoms with E-state index in [1.165, 1.54) is 0 Å². The lowest BCUT2D eigenvalue weighted by atomic mass is 10.1. The van der Waals surface area contributed by atoms with Crippen LogP contribution in [0.1, 0.15) is 12.8 Å². The first kappa shape index (κ1) is 14.3. The third kappa shape index (κ3) is 4.22. The second kappa shape index (κ2) is 6.88. The average molecular weight is 322 g/mol. The van der Waals surface area contributed by atoms with Gasteiger partial charge >= 0.3 is 0 Å². The Hall–Kier alpha value is -0.720. The summed E-state index contributed by atoms with van der Waals surface area (Å²) in [6, 6.07) is 0. The Morgan fingerprint density at radius 2 is 2.00 bits per heavy atom. The van der Waals surface area contributed by atoms with E-state index in [2.05, 4.69) is 43.4 Å². The highest BCUT2D eigenvalue weighted by molar-refractivity contribution is 9.08. The number of aliphatic hydroxyl groups is 1. The highest BCUT2D eigenvalue weighted by Crippen LogP contribution is 2.14. The summed E-state index contributed by atoms with van der Waals surface area (Å²) in [5.41, 5.74) is 0.440. The van der Waals surface area contributed by atoms with Crippen molar-refractivity contribution >= 4 is 45.6 Å². The maximum Gasteiger partial charge on any atom is 0.231 e. The van der Waals surface area contributed by atoms with E-state index in [-0.39, 0.29) is 11.4 Å². The zero-order chi connectivity index (χ0) is 12.8. The first-order chi connectivity index (χ1) is 8.08. The smallest absolute Gasteiger partial charge is 0.231 e.